The van der Waals surface area contributed by atoms with Crippen molar-refractivity contribution in [1.82, 2.24) is 15.2 Å². The maximum atomic E-state index is 13.1. The molecule has 2 saturated heterocycles. The van der Waals surface area contributed by atoms with Crippen molar-refractivity contribution in [2.75, 3.05) is 13.1 Å². The average Bonchev–Trinajstić information content (AvgIpc) is 3.22. The Morgan fingerprint density at radius 2 is 2.00 bits per heavy atom. The van der Waals surface area contributed by atoms with E-state index < -0.39 is 0 Å². The Balaban J connectivity index is 2.05. The fourth-order valence-electron chi connectivity index (χ4n) is 4.10. The molecule has 0 aromatic carbocycles. The van der Waals surface area contributed by atoms with Gasteiger partial charge in [0.05, 0.1) is 16.8 Å². The molecule has 1 aromatic heterocycles. The highest BCUT2D eigenvalue weighted by Gasteiger charge is 2.30. The van der Waals surface area contributed by atoms with E-state index in [0.29, 0.717) is 23.3 Å². The lowest BCUT2D eigenvalue weighted by molar-refractivity contribution is -0.115. The van der Waals surface area contributed by atoms with Crippen molar-refractivity contribution >= 4 is 17.9 Å². The predicted octanol–water partition coefficient (Wildman–Crippen LogP) is 4.65. The standard InChI is InChI=1S/C24H31N3O2/c1-5-10-16(3)22-19(23(28)26-20(22)11-6-2)15-21-18(14-17(4)25-21)24(29)27-12-8-7-9-13-27/h5,11,14-15,25H,1,6-10,12-13H2,2-4H3,(H,26,28)/b19-15-,20-11+,22-16-. The molecule has 0 unspecified atom stereocenters. The molecule has 29 heavy (non-hydrogen) atoms. The lowest BCUT2D eigenvalue weighted by Gasteiger charge is -2.26. The summed E-state index contributed by atoms with van der Waals surface area (Å²) < 4.78 is 0. The summed E-state index contributed by atoms with van der Waals surface area (Å²) in [5.74, 6) is -0.0938. The highest BCUT2D eigenvalue weighted by molar-refractivity contribution is 6.10. The van der Waals surface area contributed by atoms with Gasteiger partial charge in [0.1, 0.15) is 0 Å². The maximum absolute atomic E-state index is 13.1. The van der Waals surface area contributed by atoms with Crippen LogP contribution in [0.2, 0.25) is 0 Å². The van der Waals surface area contributed by atoms with Gasteiger partial charge in [0.25, 0.3) is 11.8 Å². The highest BCUT2D eigenvalue weighted by atomic mass is 16.2. The van der Waals surface area contributed by atoms with E-state index in [0.717, 1.165) is 54.9 Å². The minimum atomic E-state index is -0.133. The molecule has 2 fully saturated rings. The number of aromatic nitrogens is 1. The average molecular weight is 394 g/mol. The minimum Gasteiger partial charge on any atom is -0.358 e. The molecule has 2 aliphatic rings. The Labute approximate surface area is 173 Å². The summed E-state index contributed by atoms with van der Waals surface area (Å²) >= 11 is 0. The number of allylic oxidation sites excluding steroid dienone is 4. The van der Waals surface area contributed by atoms with Gasteiger partial charge in [-0.15, -0.1) is 6.58 Å². The third-order valence-electron chi connectivity index (χ3n) is 5.46. The van der Waals surface area contributed by atoms with Gasteiger partial charge in [-0.25, -0.2) is 0 Å². The topological polar surface area (TPSA) is 65.2 Å². The lowest BCUT2D eigenvalue weighted by Crippen LogP contribution is -2.35. The van der Waals surface area contributed by atoms with Crippen LogP contribution in [0.3, 0.4) is 0 Å². The van der Waals surface area contributed by atoms with Crippen LogP contribution in [-0.2, 0) is 4.79 Å². The molecule has 5 nitrogen and oxygen atoms in total. The summed E-state index contributed by atoms with van der Waals surface area (Å²) in [7, 11) is 0. The van der Waals surface area contributed by atoms with E-state index in [1.807, 2.05) is 50.0 Å². The van der Waals surface area contributed by atoms with Crippen molar-refractivity contribution in [3.8, 4) is 0 Å². The summed E-state index contributed by atoms with van der Waals surface area (Å²) in [6.45, 7) is 11.4. The van der Waals surface area contributed by atoms with Gasteiger partial charge in [0.15, 0.2) is 0 Å². The van der Waals surface area contributed by atoms with Crippen LogP contribution in [0.15, 0.2) is 47.2 Å². The molecule has 2 amide bonds. The van der Waals surface area contributed by atoms with Crippen molar-refractivity contribution in [1.29, 1.82) is 0 Å². The molecular weight excluding hydrogens is 362 g/mol. The molecule has 1 aromatic rings. The van der Waals surface area contributed by atoms with Crippen molar-refractivity contribution < 1.29 is 9.59 Å². The van der Waals surface area contributed by atoms with E-state index in [2.05, 4.69) is 16.9 Å². The zero-order valence-electron chi connectivity index (χ0n) is 17.7. The van der Waals surface area contributed by atoms with E-state index in [9.17, 15) is 9.59 Å². The first-order valence-electron chi connectivity index (χ1n) is 10.5. The van der Waals surface area contributed by atoms with Crippen LogP contribution in [0, 0.1) is 6.92 Å². The number of carbonyl (C=O) groups is 2. The summed E-state index contributed by atoms with van der Waals surface area (Å²) in [6, 6.07) is 1.89. The number of amides is 2. The van der Waals surface area contributed by atoms with Crippen LogP contribution in [0.4, 0.5) is 0 Å². The Morgan fingerprint density at radius 3 is 2.66 bits per heavy atom. The molecule has 5 heteroatoms. The second kappa shape index (κ2) is 9.12. The number of carbonyl (C=O) groups excluding carboxylic acids is 2. The molecule has 3 rings (SSSR count). The molecular formula is C24H31N3O2. The van der Waals surface area contributed by atoms with Crippen LogP contribution in [-0.4, -0.2) is 34.8 Å². The molecule has 0 bridgehead atoms. The van der Waals surface area contributed by atoms with Crippen LogP contribution in [0.5, 0.6) is 0 Å². The molecule has 0 atom stereocenters. The summed E-state index contributed by atoms with van der Waals surface area (Å²) in [6.07, 6.45) is 10.5. The molecule has 0 spiro atoms. The molecule has 154 valence electrons. The van der Waals surface area contributed by atoms with E-state index in [4.69, 9.17) is 0 Å². The van der Waals surface area contributed by atoms with Crippen molar-refractivity contribution in [3.63, 3.8) is 0 Å². The van der Waals surface area contributed by atoms with E-state index in [1.54, 1.807) is 0 Å². The molecule has 3 heterocycles. The molecule has 0 radical (unpaired) electrons. The van der Waals surface area contributed by atoms with Gasteiger partial charge in [0.2, 0.25) is 0 Å². The van der Waals surface area contributed by atoms with E-state index >= 15 is 0 Å². The Kier molecular flexibility index (Phi) is 6.57. The van der Waals surface area contributed by atoms with Gasteiger partial charge in [-0.1, -0.05) is 24.6 Å². The number of hydrogen-bond acceptors (Lipinski definition) is 2. The number of H-pyrrole nitrogens is 1. The zero-order valence-corrected chi connectivity index (χ0v) is 17.7. The molecule has 0 saturated carbocycles. The van der Waals surface area contributed by atoms with Gasteiger partial charge in [-0.2, -0.15) is 0 Å². The van der Waals surface area contributed by atoms with E-state index in [1.165, 1.54) is 6.42 Å². The SMILES string of the molecule is C=CC/C(C)=C1C(=C/c2[nH]c(C)cc2C(=O)N2CCCCC2)/C(=O)NC/1=C/CC. The predicted molar refractivity (Wildman–Crippen MR) is 117 cm³/mol. The van der Waals surface area contributed by atoms with E-state index in [-0.39, 0.29) is 11.8 Å². The van der Waals surface area contributed by atoms with Gasteiger partial charge in [-0.05, 0) is 58.1 Å². The monoisotopic (exact) mass is 393 g/mol. The molecule has 2 N–H and O–H groups in total. The fourth-order valence-corrected chi connectivity index (χ4v) is 4.10. The first-order chi connectivity index (χ1) is 14.0. The van der Waals surface area contributed by atoms with Crippen molar-refractivity contribution in [3.05, 3.63) is 64.2 Å². The highest BCUT2D eigenvalue weighted by Crippen LogP contribution is 2.32. The summed E-state index contributed by atoms with van der Waals surface area (Å²) in [5, 5.41) is 2.99. The smallest absolute Gasteiger partial charge is 0.256 e. The Bertz CT molecular complexity index is 909. The third-order valence-corrected chi connectivity index (χ3v) is 5.46. The van der Waals surface area contributed by atoms with Gasteiger partial charge >= 0.3 is 0 Å². The van der Waals surface area contributed by atoms with Crippen LogP contribution in [0.1, 0.15) is 67.7 Å². The number of nitrogens with zero attached hydrogens (tertiary/aromatic N) is 1. The molecule has 2 aliphatic heterocycles. The largest absolute Gasteiger partial charge is 0.358 e. The summed E-state index contributed by atoms with van der Waals surface area (Å²) in [4.78, 5) is 31.1. The van der Waals surface area contributed by atoms with Crippen LogP contribution < -0.4 is 5.32 Å². The molecule has 0 aliphatic carbocycles. The Hall–Kier alpha value is -2.82. The number of aryl methyl sites for hydroxylation is 1. The quantitative estimate of drug-likeness (QED) is 0.565. The van der Waals surface area contributed by atoms with Gasteiger partial charge < -0.3 is 15.2 Å². The number of hydrogen-bond donors (Lipinski definition) is 2. The van der Waals surface area contributed by atoms with Crippen LogP contribution in [0.25, 0.3) is 6.08 Å². The number of aromatic amines is 1. The zero-order chi connectivity index (χ0) is 21.0. The second-order valence-corrected chi connectivity index (χ2v) is 7.82. The number of likely N-dealkylation sites (tertiary alicyclic amines) is 1. The summed E-state index contributed by atoms with van der Waals surface area (Å²) in [5.41, 5.74) is 5.68. The fraction of sp³-hybridized carbons (Fsp3) is 0.417. The lowest BCUT2D eigenvalue weighted by atomic mass is 9.97. The number of rotatable bonds is 5. The first-order valence-corrected chi connectivity index (χ1v) is 10.5. The van der Waals surface area contributed by atoms with Gasteiger partial charge in [0, 0.05) is 30.1 Å². The van der Waals surface area contributed by atoms with Crippen molar-refractivity contribution in [2.24, 2.45) is 0 Å². The number of piperidine rings is 1. The minimum absolute atomic E-state index is 0.0389. The maximum Gasteiger partial charge on any atom is 0.256 e. The van der Waals surface area contributed by atoms with Crippen LogP contribution >= 0.6 is 0 Å². The third kappa shape index (κ3) is 4.44. The first kappa shape index (κ1) is 20.9. The Morgan fingerprint density at radius 1 is 1.28 bits per heavy atom. The van der Waals surface area contributed by atoms with Crippen molar-refractivity contribution in [2.45, 2.75) is 52.9 Å². The number of nitrogens with one attached hydrogen (secondary N) is 2. The normalized spacial score (nSPS) is 21.6. The van der Waals surface area contributed by atoms with Gasteiger partial charge in [-0.3, -0.25) is 9.59 Å². The second-order valence-electron chi connectivity index (χ2n) is 7.82.